The second kappa shape index (κ2) is 3.71. The molecule has 0 aliphatic rings. The summed E-state index contributed by atoms with van der Waals surface area (Å²) >= 11 is 8.78. The lowest BCUT2D eigenvalue weighted by atomic mass is 10.1. The molecule has 0 heterocycles. The van der Waals surface area contributed by atoms with Crippen molar-refractivity contribution in [2.75, 3.05) is 0 Å². The minimum atomic E-state index is -0.658. The fraction of sp³-hybridized carbons (Fsp3) is 0.250. The van der Waals surface area contributed by atoms with E-state index in [-0.39, 0.29) is 15.4 Å². The van der Waals surface area contributed by atoms with Crippen molar-refractivity contribution in [1.82, 2.24) is 0 Å². The van der Waals surface area contributed by atoms with Crippen LogP contribution in [-0.4, -0.2) is 0 Å². The van der Waals surface area contributed by atoms with Crippen LogP contribution < -0.4 is 0 Å². The molecule has 1 aromatic carbocycles. The normalized spacial score (nSPS) is 13.1. The number of hydrogen-bond acceptors (Lipinski definition) is 0. The van der Waals surface area contributed by atoms with Gasteiger partial charge in [0.05, 0.1) is 5.02 Å². The maximum Gasteiger partial charge on any atom is 0.131 e. The molecule has 0 aromatic heterocycles. The Morgan fingerprint density at radius 2 is 2.00 bits per heavy atom. The summed E-state index contributed by atoms with van der Waals surface area (Å²) in [6, 6.07) is 1.91. The Morgan fingerprint density at radius 3 is 2.42 bits per heavy atom. The fourth-order valence-corrected chi connectivity index (χ4v) is 1.89. The quantitative estimate of drug-likeness (QED) is 0.664. The first-order valence-electron chi connectivity index (χ1n) is 3.31. The van der Waals surface area contributed by atoms with Crippen LogP contribution in [0.25, 0.3) is 0 Å². The van der Waals surface area contributed by atoms with Gasteiger partial charge >= 0.3 is 0 Å². The van der Waals surface area contributed by atoms with Crippen molar-refractivity contribution in [3.8, 4) is 0 Å². The molecule has 0 bridgehead atoms. The van der Waals surface area contributed by atoms with E-state index in [2.05, 4.69) is 15.9 Å². The van der Waals surface area contributed by atoms with Crippen LogP contribution in [0.4, 0.5) is 8.78 Å². The zero-order valence-corrected chi connectivity index (χ0v) is 8.59. The summed E-state index contributed by atoms with van der Waals surface area (Å²) in [5, 5.41) is 0.108. The third-order valence-electron chi connectivity index (χ3n) is 1.44. The third kappa shape index (κ3) is 1.96. The molecule has 1 aromatic rings. The summed E-state index contributed by atoms with van der Waals surface area (Å²) in [5.74, 6) is -1.28. The predicted octanol–water partition coefficient (Wildman–Crippen LogP) is 4.07. The molecule has 0 N–H and O–H groups in total. The van der Waals surface area contributed by atoms with Crippen LogP contribution in [0.2, 0.25) is 5.02 Å². The van der Waals surface area contributed by atoms with E-state index in [1.807, 2.05) is 0 Å². The Balaban J connectivity index is 3.28. The first-order chi connectivity index (χ1) is 5.52. The van der Waals surface area contributed by atoms with Gasteiger partial charge in [0.25, 0.3) is 0 Å². The molecule has 0 spiro atoms. The van der Waals surface area contributed by atoms with Crippen LogP contribution in [0.5, 0.6) is 0 Å². The molecule has 0 amide bonds. The number of benzene rings is 1. The van der Waals surface area contributed by atoms with Crippen LogP contribution >= 0.6 is 27.5 Å². The number of halogens is 4. The number of rotatable bonds is 1. The Labute approximate surface area is 82.7 Å². The van der Waals surface area contributed by atoms with Crippen LogP contribution in [0.3, 0.4) is 0 Å². The first-order valence-corrected chi connectivity index (χ1v) is 4.60. The smallest absolute Gasteiger partial charge is 0.131 e. The van der Waals surface area contributed by atoms with Gasteiger partial charge in [0, 0.05) is 16.5 Å². The van der Waals surface area contributed by atoms with Crippen LogP contribution in [0, 0.1) is 11.6 Å². The highest BCUT2D eigenvalue weighted by Gasteiger charge is 2.13. The maximum absolute atomic E-state index is 13.0. The van der Waals surface area contributed by atoms with Crippen molar-refractivity contribution in [2.45, 2.75) is 11.8 Å². The standard InChI is InChI=1S/C8H6BrClF2/c1-4(9)8-6(10)2-5(11)3-7(8)12/h2-4H,1H3. The minimum Gasteiger partial charge on any atom is -0.207 e. The average molecular weight is 255 g/mol. The second-order valence-electron chi connectivity index (χ2n) is 2.40. The largest absolute Gasteiger partial charge is 0.207 e. The van der Waals surface area contributed by atoms with E-state index >= 15 is 0 Å². The van der Waals surface area contributed by atoms with Crippen molar-refractivity contribution >= 4 is 27.5 Å². The average Bonchev–Trinajstić information content (AvgIpc) is 1.82. The molecular formula is C8H6BrClF2. The summed E-state index contributed by atoms with van der Waals surface area (Å²) in [5.41, 5.74) is 0.290. The molecule has 0 aliphatic carbocycles. The van der Waals surface area contributed by atoms with E-state index in [1.54, 1.807) is 6.92 Å². The van der Waals surface area contributed by atoms with Gasteiger partial charge in [0.1, 0.15) is 11.6 Å². The summed E-state index contributed by atoms with van der Waals surface area (Å²) in [6.07, 6.45) is 0. The Bertz CT molecular complexity index is 276. The molecule has 0 aliphatic heterocycles. The zero-order chi connectivity index (χ0) is 9.30. The number of alkyl halides is 1. The molecule has 0 radical (unpaired) electrons. The molecular weight excluding hydrogens is 249 g/mol. The van der Waals surface area contributed by atoms with E-state index in [1.165, 1.54) is 0 Å². The maximum atomic E-state index is 13.0. The van der Waals surface area contributed by atoms with Gasteiger partial charge in [-0.1, -0.05) is 27.5 Å². The van der Waals surface area contributed by atoms with Gasteiger partial charge in [0.2, 0.25) is 0 Å². The molecule has 0 saturated heterocycles. The molecule has 1 unspecified atom stereocenters. The van der Waals surface area contributed by atoms with Crippen molar-refractivity contribution in [3.63, 3.8) is 0 Å². The van der Waals surface area contributed by atoms with Crippen LogP contribution in [-0.2, 0) is 0 Å². The van der Waals surface area contributed by atoms with Crippen molar-refractivity contribution in [2.24, 2.45) is 0 Å². The summed E-state index contributed by atoms with van der Waals surface area (Å²) < 4.78 is 25.5. The monoisotopic (exact) mass is 254 g/mol. The molecule has 4 heteroatoms. The van der Waals surface area contributed by atoms with E-state index in [0.717, 1.165) is 12.1 Å². The van der Waals surface area contributed by atoms with Gasteiger partial charge in [-0.25, -0.2) is 8.78 Å². The van der Waals surface area contributed by atoms with Crippen molar-refractivity contribution in [3.05, 3.63) is 34.4 Å². The van der Waals surface area contributed by atoms with Gasteiger partial charge in [-0.3, -0.25) is 0 Å². The van der Waals surface area contributed by atoms with Crippen LogP contribution in [0.15, 0.2) is 12.1 Å². The van der Waals surface area contributed by atoms with Crippen molar-refractivity contribution in [1.29, 1.82) is 0 Å². The lowest BCUT2D eigenvalue weighted by molar-refractivity contribution is 0.573. The second-order valence-corrected chi connectivity index (χ2v) is 4.18. The van der Waals surface area contributed by atoms with Gasteiger partial charge in [-0.2, -0.15) is 0 Å². The predicted molar refractivity (Wildman–Crippen MR) is 48.7 cm³/mol. The first kappa shape index (κ1) is 9.93. The summed E-state index contributed by atoms with van der Waals surface area (Å²) in [7, 11) is 0. The van der Waals surface area contributed by atoms with E-state index < -0.39 is 11.6 Å². The Kier molecular flexibility index (Phi) is 3.07. The Morgan fingerprint density at radius 1 is 1.42 bits per heavy atom. The molecule has 0 fully saturated rings. The van der Waals surface area contributed by atoms with Gasteiger partial charge in [0.15, 0.2) is 0 Å². The van der Waals surface area contributed by atoms with E-state index in [4.69, 9.17) is 11.6 Å². The SMILES string of the molecule is CC(Br)c1c(F)cc(F)cc1Cl. The van der Waals surface area contributed by atoms with E-state index in [0.29, 0.717) is 0 Å². The highest BCUT2D eigenvalue weighted by atomic mass is 79.9. The van der Waals surface area contributed by atoms with Gasteiger partial charge < -0.3 is 0 Å². The summed E-state index contributed by atoms with van der Waals surface area (Å²) in [4.78, 5) is -0.217. The zero-order valence-electron chi connectivity index (χ0n) is 6.24. The highest BCUT2D eigenvalue weighted by molar-refractivity contribution is 9.09. The topological polar surface area (TPSA) is 0 Å². The molecule has 1 rings (SSSR count). The highest BCUT2D eigenvalue weighted by Crippen LogP contribution is 2.31. The van der Waals surface area contributed by atoms with Crippen molar-refractivity contribution < 1.29 is 8.78 Å². The molecule has 1 atom stereocenters. The van der Waals surface area contributed by atoms with Gasteiger partial charge in [-0.15, -0.1) is 0 Å². The molecule has 66 valence electrons. The minimum absolute atomic E-state index is 0.108. The Hall–Kier alpha value is -0.150. The lowest BCUT2D eigenvalue weighted by Crippen LogP contribution is -1.93. The fourth-order valence-electron chi connectivity index (χ4n) is 0.933. The van der Waals surface area contributed by atoms with Crippen LogP contribution in [0.1, 0.15) is 17.3 Å². The lowest BCUT2D eigenvalue weighted by Gasteiger charge is -2.07. The molecule has 0 nitrogen and oxygen atoms in total. The van der Waals surface area contributed by atoms with E-state index in [9.17, 15) is 8.78 Å². The van der Waals surface area contributed by atoms with Gasteiger partial charge in [-0.05, 0) is 13.0 Å². The molecule has 0 saturated carbocycles. The summed E-state index contributed by atoms with van der Waals surface area (Å²) in [6.45, 7) is 1.72. The molecule has 12 heavy (non-hydrogen) atoms. The third-order valence-corrected chi connectivity index (χ3v) is 2.21. The number of hydrogen-bond donors (Lipinski definition) is 0.